The number of rotatable bonds is 5. The highest BCUT2D eigenvalue weighted by Crippen LogP contribution is 2.17. The van der Waals surface area contributed by atoms with Crippen molar-refractivity contribution in [3.63, 3.8) is 0 Å². The number of hydrogen-bond acceptors (Lipinski definition) is 3. The van der Waals surface area contributed by atoms with Crippen molar-refractivity contribution >= 4 is 33.8 Å². The second-order valence-corrected chi connectivity index (χ2v) is 6.73. The van der Waals surface area contributed by atoms with Gasteiger partial charge in [0.05, 0.1) is 17.5 Å². The van der Waals surface area contributed by atoms with Gasteiger partial charge < -0.3 is 4.98 Å². The second-order valence-electron chi connectivity index (χ2n) is 6.73. The zero-order chi connectivity index (χ0) is 20.4. The van der Waals surface area contributed by atoms with Crippen LogP contribution >= 0.6 is 0 Å². The second kappa shape index (κ2) is 7.67. The van der Waals surface area contributed by atoms with E-state index >= 15 is 0 Å². The van der Waals surface area contributed by atoms with Gasteiger partial charge in [-0.1, -0.05) is 30.3 Å². The van der Waals surface area contributed by atoms with Crippen molar-refractivity contribution < 1.29 is 9.59 Å². The van der Waals surface area contributed by atoms with Gasteiger partial charge in [-0.15, -0.1) is 0 Å². The first-order valence-corrected chi connectivity index (χ1v) is 9.39. The first-order chi connectivity index (χ1) is 14.1. The van der Waals surface area contributed by atoms with E-state index in [4.69, 9.17) is 0 Å². The summed E-state index contributed by atoms with van der Waals surface area (Å²) in [7, 11) is 0. The van der Waals surface area contributed by atoms with Crippen LogP contribution < -0.4 is 16.5 Å². The smallest absolute Gasteiger partial charge is 0.329 e. The molecule has 29 heavy (non-hydrogen) atoms. The zero-order valence-corrected chi connectivity index (χ0v) is 15.9. The summed E-state index contributed by atoms with van der Waals surface area (Å²) < 4.78 is 3.01. The lowest BCUT2D eigenvalue weighted by Crippen LogP contribution is -2.44. The molecule has 4 aromatic rings. The molecule has 0 atom stereocenters. The molecule has 8 heteroatoms. The number of hydrazine groups is 1. The summed E-state index contributed by atoms with van der Waals surface area (Å²) in [6, 6.07) is 15.0. The number of hydrogen-bond donors (Lipinski definition) is 3. The Morgan fingerprint density at radius 3 is 2.34 bits per heavy atom. The van der Waals surface area contributed by atoms with Crippen LogP contribution in [0.4, 0.5) is 0 Å². The van der Waals surface area contributed by atoms with E-state index < -0.39 is 5.91 Å². The molecule has 0 bridgehead atoms. The molecule has 3 N–H and O–H groups in total. The molecule has 0 saturated carbocycles. The number of para-hydroxylation sites is 3. The van der Waals surface area contributed by atoms with E-state index in [1.54, 1.807) is 16.8 Å². The quantitative estimate of drug-likeness (QED) is 0.451. The fraction of sp³-hybridized carbons (Fsp3) is 0.190. The Labute approximate surface area is 166 Å². The van der Waals surface area contributed by atoms with E-state index in [2.05, 4.69) is 15.8 Å². The van der Waals surface area contributed by atoms with Gasteiger partial charge in [-0.3, -0.25) is 29.6 Å². The van der Waals surface area contributed by atoms with E-state index in [-0.39, 0.29) is 24.6 Å². The molecule has 2 aromatic carbocycles. The van der Waals surface area contributed by atoms with Crippen LogP contribution in [0.15, 0.2) is 59.5 Å². The van der Waals surface area contributed by atoms with Crippen LogP contribution in [0.5, 0.6) is 0 Å². The topological polar surface area (TPSA) is 101 Å². The van der Waals surface area contributed by atoms with Crippen molar-refractivity contribution in [3.8, 4) is 0 Å². The predicted molar refractivity (Wildman–Crippen MR) is 110 cm³/mol. The first-order valence-electron chi connectivity index (χ1n) is 9.39. The third-order valence-electron chi connectivity index (χ3n) is 4.91. The van der Waals surface area contributed by atoms with Crippen molar-refractivity contribution in [2.75, 3.05) is 0 Å². The Bertz CT molecular complexity index is 1260. The van der Waals surface area contributed by atoms with Gasteiger partial charge in [-0.25, -0.2) is 4.79 Å². The minimum absolute atomic E-state index is 0.124. The lowest BCUT2D eigenvalue weighted by molar-refractivity contribution is -0.128. The van der Waals surface area contributed by atoms with Gasteiger partial charge in [0.15, 0.2) is 0 Å². The highest BCUT2D eigenvalue weighted by atomic mass is 16.2. The maximum Gasteiger partial charge on any atom is 0.329 e. The van der Waals surface area contributed by atoms with E-state index in [0.29, 0.717) is 12.1 Å². The molecule has 0 aliphatic heterocycles. The number of carbonyl (C=O) groups is 2. The Kier molecular flexibility index (Phi) is 4.90. The highest BCUT2D eigenvalue weighted by Gasteiger charge is 2.15. The number of benzene rings is 2. The van der Waals surface area contributed by atoms with Crippen LogP contribution in [0, 0.1) is 0 Å². The lowest BCUT2D eigenvalue weighted by Gasteiger charge is -2.08. The molecule has 0 aliphatic carbocycles. The van der Waals surface area contributed by atoms with Gasteiger partial charge in [0.1, 0.15) is 6.54 Å². The third kappa shape index (κ3) is 3.52. The van der Waals surface area contributed by atoms with E-state index in [1.807, 2.05) is 49.4 Å². The number of amides is 2. The summed E-state index contributed by atoms with van der Waals surface area (Å²) >= 11 is 0. The average Bonchev–Trinajstić information content (AvgIpc) is 3.25. The molecule has 8 nitrogen and oxygen atoms in total. The lowest BCUT2D eigenvalue weighted by atomic mass is 10.1. The molecule has 0 spiro atoms. The van der Waals surface area contributed by atoms with Crippen LogP contribution in [0.25, 0.3) is 21.9 Å². The number of nitrogens with one attached hydrogen (secondary N) is 3. The molecular formula is C21H21N5O3. The number of carbonyl (C=O) groups excluding carboxylic acids is 2. The van der Waals surface area contributed by atoms with E-state index in [9.17, 15) is 14.4 Å². The maximum atomic E-state index is 12.6. The third-order valence-corrected chi connectivity index (χ3v) is 4.91. The Morgan fingerprint density at radius 2 is 1.59 bits per heavy atom. The summed E-state index contributed by atoms with van der Waals surface area (Å²) in [5.41, 5.74) is 7.80. The molecule has 4 rings (SSSR count). The molecule has 148 valence electrons. The first kappa shape index (κ1) is 18.5. The maximum absolute atomic E-state index is 12.6. The summed E-state index contributed by atoms with van der Waals surface area (Å²) in [5.74, 6) is -0.815. The SMILES string of the molecule is CCn1c(=O)n(CC(=O)NNC(=O)Cc2c[nH]c3ccccc23)c2ccccc21. The minimum Gasteiger partial charge on any atom is -0.361 e. The predicted octanol–water partition coefficient (Wildman–Crippen LogP) is 1.69. The molecule has 0 fully saturated rings. The van der Waals surface area contributed by atoms with E-state index in [1.165, 1.54) is 4.57 Å². The van der Waals surface area contributed by atoms with Gasteiger partial charge in [0.2, 0.25) is 5.91 Å². The number of aromatic amines is 1. The van der Waals surface area contributed by atoms with Crippen LogP contribution in [0.3, 0.4) is 0 Å². The molecular weight excluding hydrogens is 370 g/mol. The summed E-state index contributed by atoms with van der Waals surface area (Å²) in [6.45, 7) is 2.21. The molecule has 2 amide bonds. The number of aromatic nitrogens is 3. The Morgan fingerprint density at radius 1 is 0.931 bits per heavy atom. The van der Waals surface area contributed by atoms with Crippen molar-refractivity contribution in [2.45, 2.75) is 26.4 Å². The molecule has 0 saturated heterocycles. The number of H-pyrrole nitrogens is 1. The minimum atomic E-state index is -0.474. The monoisotopic (exact) mass is 391 g/mol. The number of imidazole rings is 1. The Hall–Kier alpha value is -3.81. The summed E-state index contributed by atoms with van der Waals surface area (Å²) in [5, 5.41) is 0.966. The van der Waals surface area contributed by atoms with Gasteiger partial charge in [0.25, 0.3) is 5.91 Å². The van der Waals surface area contributed by atoms with Crippen molar-refractivity contribution in [2.24, 2.45) is 0 Å². The molecule has 0 unspecified atom stereocenters. The number of aryl methyl sites for hydroxylation is 1. The van der Waals surface area contributed by atoms with Crippen molar-refractivity contribution in [3.05, 3.63) is 70.8 Å². The van der Waals surface area contributed by atoms with Gasteiger partial charge in [0, 0.05) is 23.6 Å². The fourth-order valence-electron chi connectivity index (χ4n) is 3.55. The van der Waals surface area contributed by atoms with Crippen LogP contribution in [-0.4, -0.2) is 25.9 Å². The zero-order valence-electron chi connectivity index (χ0n) is 15.9. The highest BCUT2D eigenvalue weighted by molar-refractivity contribution is 5.90. The molecule has 2 heterocycles. The summed E-state index contributed by atoms with van der Waals surface area (Å²) in [6.07, 6.45) is 1.91. The fourth-order valence-corrected chi connectivity index (χ4v) is 3.55. The number of nitrogens with zero attached hydrogens (tertiary/aromatic N) is 2. The van der Waals surface area contributed by atoms with Gasteiger partial charge in [-0.2, -0.15) is 0 Å². The van der Waals surface area contributed by atoms with Crippen LogP contribution in [0.2, 0.25) is 0 Å². The molecule has 2 aromatic heterocycles. The largest absolute Gasteiger partial charge is 0.361 e. The van der Waals surface area contributed by atoms with E-state index in [0.717, 1.165) is 22.0 Å². The summed E-state index contributed by atoms with van der Waals surface area (Å²) in [4.78, 5) is 40.3. The van der Waals surface area contributed by atoms with Crippen molar-refractivity contribution in [1.29, 1.82) is 0 Å². The normalized spacial score (nSPS) is 11.1. The number of fused-ring (bicyclic) bond motifs is 2. The van der Waals surface area contributed by atoms with Gasteiger partial charge in [-0.05, 0) is 30.7 Å². The van der Waals surface area contributed by atoms with Gasteiger partial charge >= 0.3 is 5.69 Å². The standard InChI is InChI=1S/C21H21N5O3/c1-2-25-17-9-5-6-10-18(17)26(21(25)29)13-20(28)24-23-19(27)11-14-12-22-16-8-4-3-7-15(14)16/h3-10,12,22H,2,11,13H2,1H3,(H,23,27)(H,24,28). The van der Waals surface area contributed by atoms with Crippen molar-refractivity contribution in [1.82, 2.24) is 25.0 Å². The molecule has 0 radical (unpaired) electrons. The molecule has 0 aliphatic rings. The Balaban J connectivity index is 1.42. The van der Waals surface area contributed by atoms with Crippen LogP contribution in [0.1, 0.15) is 12.5 Å². The van der Waals surface area contributed by atoms with Crippen LogP contribution in [-0.2, 0) is 29.1 Å². The average molecular weight is 391 g/mol.